The first-order chi connectivity index (χ1) is 34.4. The maximum atomic E-state index is 2.48. The zero-order valence-corrected chi connectivity index (χ0v) is 39.8. The quantitative estimate of drug-likeness (QED) is 0.154. The van der Waals surface area contributed by atoms with Crippen molar-refractivity contribution in [2.24, 2.45) is 0 Å². The van der Waals surface area contributed by atoms with Gasteiger partial charge in [-0.05, 0) is 155 Å². The summed E-state index contributed by atoms with van der Waals surface area (Å²) in [5.74, 6) is 0. The normalized spacial score (nSPS) is 13.8. The number of hydrogen-bond acceptors (Lipinski definition) is 2. The molecule has 0 saturated carbocycles. The van der Waals surface area contributed by atoms with Crippen LogP contribution >= 0.6 is 11.3 Å². The van der Waals surface area contributed by atoms with E-state index in [4.69, 9.17) is 0 Å². The molecule has 0 aliphatic heterocycles. The second-order valence-corrected chi connectivity index (χ2v) is 20.7. The van der Waals surface area contributed by atoms with Crippen LogP contribution < -0.4 is 4.90 Å². The molecule has 0 bridgehead atoms. The van der Waals surface area contributed by atoms with E-state index in [-0.39, 0.29) is 5.41 Å². The molecule has 70 heavy (non-hydrogen) atoms. The van der Waals surface area contributed by atoms with E-state index in [1.54, 1.807) is 0 Å². The van der Waals surface area contributed by atoms with Crippen molar-refractivity contribution in [3.63, 3.8) is 0 Å². The first kappa shape index (κ1) is 40.7. The van der Waals surface area contributed by atoms with Gasteiger partial charge in [-0.25, -0.2) is 0 Å². The molecule has 2 aliphatic carbocycles. The van der Waals surface area contributed by atoms with Crippen LogP contribution in [-0.4, -0.2) is 0 Å². The van der Waals surface area contributed by atoms with Crippen LogP contribution in [0.5, 0.6) is 0 Å². The van der Waals surface area contributed by atoms with Gasteiger partial charge in [0.1, 0.15) is 0 Å². The minimum absolute atomic E-state index is 0.227. The molecule has 1 aromatic heterocycles. The van der Waals surface area contributed by atoms with Gasteiger partial charge >= 0.3 is 0 Å². The zero-order chi connectivity index (χ0) is 46.6. The third-order valence-electron chi connectivity index (χ3n) is 15.5. The molecule has 0 radical (unpaired) electrons. The van der Waals surface area contributed by atoms with Gasteiger partial charge < -0.3 is 4.90 Å². The fourth-order valence-corrected chi connectivity index (χ4v) is 13.2. The Kier molecular flexibility index (Phi) is 9.09. The number of benzene rings is 11. The molecule has 2 aliphatic rings. The van der Waals surface area contributed by atoms with E-state index in [9.17, 15) is 0 Å². The highest BCUT2D eigenvalue weighted by Crippen LogP contribution is 2.58. The van der Waals surface area contributed by atoms with Crippen LogP contribution in [0.2, 0.25) is 0 Å². The Labute approximate surface area is 413 Å². The molecule has 0 atom stereocenters. The van der Waals surface area contributed by atoms with Crippen molar-refractivity contribution in [3.05, 3.63) is 282 Å². The van der Waals surface area contributed by atoms with Gasteiger partial charge in [-0.3, -0.25) is 0 Å². The molecule has 2 heteroatoms. The largest absolute Gasteiger partial charge is 0.310 e. The maximum absolute atomic E-state index is 2.48. The number of hydrogen-bond donors (Lipinski definition) is 0. The fraction of sp³-hybridized carbons (Fsp3) is 0.0588. The highest BCUT2D eigenvalue weighted by atomic mass is 32.1. The summed E-state index contributed by atoms with van der Waals surface area (Å²) in [5, 5.41) is 5.16. The number of nitrogens with zero attached hydrogens (tertiary/aromatic N) is 1. The van der Waals surface area contributed by atoms with E-state index in [0.717, 1.165) is 17.1 Å². The molecule has 12 aromatic rings. The molecule has 0 spiro atoms. The van der Waals surface area contributed by atoms with E-state index in [2.05, 4.69) is 267 Å². The number of thiophene rings is 1. The molecule has 0 saturated heterocycles. The van der Waals surface area contributed by atoms with Crippen LogP contribution in [0.25, 0.3) is 75.5 Å². The zero-order valence-electron chi connectivity index (χ0n) is 39.0. The van der Waals surface area contributed by atoms with Crippen molar-refractivity contribution in [1.82, 2.24) is 0 Å². The lowest BCUT2D eigenvalue weighted by Crippen LogP contribution is -2.28. The van der Waals surface area contributed by atoms with Crippen molar-refractivity contribution in [3.8, 4) is 44.5 Å². The molecule has 0 unspecified atom stereocenters. The van der Waals surface area contributed by atoms with E-state index >= 15 is 0 Å². The summed E-state index contributed by atoms with van der Waals surface area (Å²) in [5.41, 5.74) is 20.6. The van der Waals surface area contributed by atoms with Gasteiger partial charge in [-0.2, -0.15) is 0 Å². The van der Waals surface area contributed by atoms with Gasteiger partial charge in [0, 0.05) is 42.6 Å². The Bertz CT molecular complexity index is 3990. The highest BCUT2D eigenvalue weighted by molar-refractivity contribution is 7.25. The van der Waals surface area contributed by atoms with Gasteiger partial charge in [-0.1, -0.05) is 196 Å². The lowest BCUT2D eigenvalue weighted by atomic mass is 9.68. The van der Waals surface area contributed by atoms with Gasteiger partial charge in [0.05, 0.1) is 5.41 Å². The summed E-state index contributed by atoms with van der Waals surface area (Å²) >= 11 is 1.87. The lowest BCUT2D eigenvalue weighted by Gasteiger charge is -2.34. The minimum atomic E-state index is -0.469. The molecule has 0 amide bonds. The van der Waals surface area contributed by atoms with Crippen molar-refractivity contribution in [1.29, 1.82) is 0 Å². The highest BCUT2D eigenvalue weighted by Gasteiger charge is 2.46. The van der Waals surface area contributed by atoms with Crippen LogP contribution in [-0.2, 0) is 10.8 Å². The molecular formula is C68H47NS. The SMILES string of the molecule is CC1(C)c2cc(-c3ccc4ccccc4c3)ccc2-c2ccc(N(c3ccc(-c4ccc5sc6ccccc6c5c4)cc3)c3ccc4c(c3)-c3ccccc3C4(c3ccccc3)c3ccccc3)cc21. The summed E-state index contributed by atoms with van der Waals surface area (Å²) in [6, 6.07) is 93.1. The van der Waals surface area contributed by atoms with Gasteiger partial charge in [0.15, 0.2) is 0 Å². The Hall–Kier alpha value is -8.30. The summed E-state index contributed by atoms with van der Waals surface area (Å²) in [6.07, 6.45) is 0. The third-order valence-corrected chi connectivity index (χ3v) is 16.7. The summed E-state index contributed by atoms with van der Waals surface area (Å²) in [4.78, 5) is 2.48. The average molecular weight is 910 g/mol. The predicted octanol–water partition coefficient (Wildman–Crippen LogP) is 18.7. The number of anilines is 3. The second kappa shape index (κ2) is 15.6. The van der Waals surface area contributed by atoms with Gasteiger partial charge in [0.25, 0.3) is 0 Å². The Morgan fingerprint density at radius 3 is 1.64 bits per heavy atom. The van der Waals surface area contributed by atoms with Crippen LogP contribution in [0, 0.1) is 0 Å². The van der Waals surface area contributed by atoms with Crippen molar-refractivity contribution >= 4 is 59.3 Å². The van der Waals surface area contributed by atoms with Crippen molar-refractivity contribution in [2.45, 2.75) is 24.7 Å². The van der Waals surface area contributed by atoms with Crippen molar-refractivity contribution in [2.75, 3.05) is 4.90 Å². The average Bonchev–Trinajstić information content (AvgIpc) is 4.02. The smallest absolute Gasteiger partial charge is 0.0713 e. The Morgan fingerprint density at radius 2 is 0.843 bits per heavy atom. The van der Waals surface area contributed by atoms with Gasteiger partial charge in [-0.15, -0.1) is 11.3 Å². The number of rotatable bonds is 7. The molecular weight excluding hydrogens is 863 g/mol. The fourth-order valence-electron chi connectivity index (χ4n) is 12.1. The predicted molar refractivity (Wildman–Crippen MR) is 297 cm³/mol. The van der Waals surface area contributed by atoms with Gasteiger partial charge in [0.2, 0.25) is 0 Å². The van der Waals surface area contributed by atoms with Crippen molar-refractivity contribution < 1.29 is 0 Å². The first-order valence-corrected chi connectivity index (χ1v) is 25.2. The lowest BCUT2D eigenvalue weighted by molar-refractivity contribution is 0.660. The maximum Gasteiger partial charge on any atom is 0.0713 e. The first-order valence-electron chi connectivity index (χ1n) is 24.4. The third kappa shape index (κ3) is 6.10. The van der Waals surface area contributed by atoms with Crippen LogP contribution in [0.1, 0.15) is 47.2 Å². The molecule has 0 fully saturated rings. The summed E-state index contributed by atoms with van der Waals surface area (Å²) in [7, 11) is 0. The minimum Gasteiger partial charge on any atom is -0.310 e. The van der Waals surface area contributed by atoms with E-state index in [0.29, 0.717) is 0 Å². The molecule has 330 valence electrons. The van der Waals surface area contributed by atoms with Crippen LogP contribution in [0.3, 0.4) is 0 Å². The molecule has 1 heterocycles. The monoisotopic (exact) mass is 909 g/mol. The summed E-state index contributed by atoms with van der Waals surface area (Å²) in [6.45, 7) is 4.80. The Morgan fingerprint density at radius 1 is 0.314 bits per heavy atom. The van der Waals surface area contributed by atoms with Crippen LogP contribution in [0.4, 0.5) is 17.1 Å². The second-order valence-electron chi connectivity index (χ2n) is 19.6. The van der Waals surface area contributed by atoms with E-state index in [1.807, 2.05) is 11.3 Å². The topological polar surface area (TPSA) is 3.24 Å². The van der Waals surface area contributed by atoms with E-state index in [1.165, 1.54) is 109 Å². The molecule has 14 rings (SSSR count). The Balaban J connectivity index is 0.924. The van der Waals surface area contributed by atoms with Crippen LogP contribution in [0.15, 0.2) is 249 Å². The molecule has 0 N–H and O–H groups in total. The molecule has 11 aromatic carbocycles. The van der Waals surface area contributed by atoms with E-state index < -0.39 is 5.41 Å². The standard InChI is InChI=1S/C68H47NS/c1-67(2)63-41-49(47-26-25-44-15-9-10-16-46(44)39-47)29-35-56(63)57-36-33-54(43-64(57)67)69(52-31-27-45(28-32-52)48-30-38-66-60(40-48)58-22-12-14-24-65(58)70-66)53-34-37-62-59(42-53)55-21-11-13-23-61(55)68(62,50-17-5-3-6-18-50)51-19-7-4-8-20-51/h3-43H,1-2H3. The molecule has 1 nitrogen and oxygen atoms in total. The number of fused-ring (bicyclic) bond motifs is 10. The summed E-state index contributed by atoms with van der Waals surface area (Å²) < 4.78 is 2.65.